The molecule has 4 nitrogen and oxygen atoms in total. The van der Waals surface area contributed by atoms with Gasteiger partial charge in [0.1, 0.15) is 6.04 Å². The Balaban J connectivity index is 2.02. The van der Waals surface area contributed by atoms with Crippen LogP contribution in [0.2, 0.25) is 0 Å². The molecular formula is C16H25N3O. The van der Waals surface area contributed by atoms with Crippen molar-refractivity contribution in [3.05, 3.63) is 35.9 Å². The van der Waals surface area contributed by atoms with Crippen LogP contribution in [0.25, 0.3) is 0 Å². The molecule has 1 aromatic carbocycles. The van der Waals surface area contributed by atoms with Crippen molar-refractivity contribution in [3.8, 4) is 0 Å². The largest absolute Gasteiger partial charge is 0.341 e. The Morgan fingerprint density at radius 2 is 2.05 bits per heavy atom. The van der Waals surface area contributed by atoms with Gasteiger partial charge in [-0.3, -0.25) is 4.79 Å². The lowest BCUT2D eigenvalue weighted by atomic mass is 9.96. The van der Waals surface area contributed by atoms with Crippen LogP contribution in [0.15, 0.2) is 30.3 Å². The smallest absolute Gasteiger partial charge is 0.244 e. The molecule has 0 bridgehead atoms. The summed E-state index contributed by atoms with van der Waals surface area (Å²) in [5.74, 6) is 0.0120. The van der Waals surface area contributed by atoms with E-state index in [2.05, 4.69) is 18.9 Å². The van der Waals surface area contributed by atoms with Crippen molar-refractivity contribution >= 4 is 5.91 Å². The van der Waals surface area contributed by atoms with Gasteiger partial charge in [0.25, 0.3) is 0 Å². The Morgan fingerprint density at radius 1 is 1.40 bits per heavy atom. The molecule has 1 saturated heterocycles. The van der Waals surface area contributed by atoms with Crippen LogP contribution in [0.5, 0.6) is 0 Å². The van der Waals surface area contributed by atoms with E-state index >= 15 is 0 Å². The molecule has 0 spiro atoms. The summed E-state index contributed by atoms with van der Waals surface area (Å²) in [4.78, 5) is 16.7. The summed E-state index contributed by atoms with van der Waals surface area (Å²) in [6.45, 7) is 3.24. The average molecular weight is 275 g/mol. The minimum absolute atomic E-state index is 0.0120. The Labute approximate surface area is 121 Å². The third kappa shape index (κ3) is 3.19. The molecule has 110 valence electrons. The van der Waals surface area contributed by atoms with Gasteiger partial charge in [-0.05, 0) is 32.4 Å². The molecule has 1 aliphatic rings. The molecule has 0 saturated carbocycles. The predicted octanol–water partition coefficient (Wildman–Crippen LogP) is 1.63. The fourth-order valence-corrected chi connectivity index (χ4v) is 2.82. The Morgan fingerprint density at radius 3 is 2.65 bits per heavy atom. The Hall–Kier alpha value is -1.39. The molecule has 1 amide bonds. The first-order valence-electron chi connectivity index (χ1n) is 7.28. The van der Waals surface area contributed by atoms with Crippen molar-refractivity contribution in [1.82, 2.24) is 9.80 Å². The van der Waals surface area contributed by atoms with Crippen LogP contribution < -0.4 is 5.73 Å². The molecule has 3 unspecified atom stereocenters. The molecular weight excluding hydrogens is 250 g/mol. The number of amides is 1. The van der Waals surface area contributed by atoms with Crippen LogP contribution in [0, 0.1) is 0 Å². The van der Waals surface area contributed by atoms with Crippen molar-refractivity contribution < 1.29 is 4.79 Å². The standard InChI is InChI=1S/C16H25N3O/c1-12-11-14(9-10-18(12)2)19(3)16(20)15(17)13-7-5-4-6-8-13/h4-8,12,14-15H,9-11,17H2,1-3H3. The summed E-state index contributed by atoms with van der Waals surface area (Å²) in [5.41, 5.74) is 6.99. The number of likely N-dealkylation sites (tertiary alicyclic amines) is 1. The quantitative estimate of drug-likeness (QED) is 0.912. The van der Waals surface area contributed by atoms with Gasteiger partial charge in [0.05, 0.1) is 0 Å². The molecule has 3 atom stereocenters. The first-order chi connectivity index (χ1) is 9.50. The lowest BCUT2D eigenvalue weighted by Gasteiger charge is -2.40. The molecule has 2 rings (SSSR count). The number of piperidine rings is 1. The number of carbonyl (C=O) groups excluding carboxylic acids is 1. The molecule has 2 N–H and O–H groups in total. The van der Waals surface area contributed by atoms with Gasteiger partial charge in [-0.2, -0.15) is 0 Å². The van der Waals surface area contributed by atoms with E-state index in [0.717, 1.165) is 24.9 Å². The van der Waals surface area contributed by atoms with E-state index in [4.69, 9.17) is 5.73 Å². The maximum Gasteiger partial charge on any atom is 0.244 e. The zero-order valence-corrected chi connectivity index (χ0v) is 12.6. The number of nitrogens with two attached hydrogens (primary N) is 1. The highest BCUT2D eigenvalue weighted by Gasteiger charge is 2.30. The third-order valence-electron chi connectivity index (χ3n) is 4.50. The van der Waals surface area contributed by atoms with Crippen LogP contribution in [0.3, 0.4) is 0 Å². The van der Waals surface area contributed by atoms with Crippen molar-refractivity contribution in [1.29, 1.82) is 0 Å². The second kappa shape index (κ2) is 6.37. The van der Waals surface area contributed by atoms with Gasteiger partial charge in [0.2, 0.25) is 5.91 Å². The maximum absolute atomic E-state index is 12.5. The summed E-state index contributed by atoms with van der Waals surface area (Å²) < 4.78 is 0. The number of rotatable bonds is 3. The van der Waals surface area contributed by atoms with E-state index in [-0.39, 0.29) is 5.91 Å². The highest BCUT2D eigenvalue weighted by molar-refractivity contribution is 5.83. The number of hydrogen-bond donors (Lipinski definition) is 1. The molecule has 20 heavy (non-hydrogen) atoms. The van der Waals surface area contributed by atoms with Crippen molar-refractivity contribution in [2.24, 2.45) is 5.73 Å². The van der Waals surface area contributed by atoms with E-state index < -0.39 is 6.04 Å². The predicted molar refractivity (Wildman–Crippen MR) is 81.3 cm³/mol. The van der Waals surface area contributed by atoms with Gasteiger partial charge in [-0.25, -0.2) is 0 Å². The van der Waals surface area contributed by atoms with Crippen molar-refractivity contribution in [2.45, 2.75) is 37.9 Å². The van der Waals surface area contributed by atoms with E-state index in [1.165, 1.54) is 0 Å². The highest BCUT2D eigenvalue weighted by atomic mass is 16.2. The van der Waals surface area contributed by atoms with Crippen molar-refractivity contribution in [2.75, 3.05) is 20.6 Å². The van der Waals surface area contributed by atoms with Gasteiger partial charge in [0, 0.05) is 25.7 Å². The minimum Gasteiger partial charge on any atom is -0.341 e. The molecule has 1 fully saturated rings. The normalized spacial score (nSPS) is 25.2. The first-order valence-corrected chi connectivity index (χ1v) is 7.28. The maximum atomic E-state index is 12.5. The molecule has 4 heteroatoms. The molecule has 1 aliphatic heterocycles. The summed E-state index contributed by atoms with van der Waals surface area (Å²) in [6.07, 6.45) is 2.03. The molecule has 1 aromatic rings. The van der Waals surface area contributed by atoms with Crippen LogP contribution in [-0.2, 0) is 4.79 Å². The molecule has 0 radical (unpaired) electrons. The van der Waals surface area contributed by atoms with Crippen LogP contribution in [0.4, 0.5) is 0 Å². The van der Waals surface area contributed by atoms with Gasteiger partial charge in [-0.15, -0.1) is 0 Å². The Bertz CT molecular complexity index is 448. The van der Waals surface area contributed by atoms with Crippen molar-refractivity contribution in [3.63, 3.8) is 0 Å². The third-order valence-corrected chi connectivity index (χ3v) is 4.50. The second-order valence-electron chi connectivity index (χ2n) is 5.85. The van der Waals surface area contributed by atoms with Gasteiger partial charge >= 0.3 is 0 Å². The molecule has 1 heterocycles. The fraction of sp³-hybridized carbons (Fsp3) is 0.562. The topological polar surface area (TPSA) is 49.6 Å². The van der Waals surface area contributed by atoms with Crippen LogP contribution >= 0.6 is 0 Å². The zero-order chi connectivity index (χ0) is 14.7. The number of hydrogen-bond acceptors (Lipinski definition) is 3. The van der Waals surface area contributed by atoms with E-state index in [1.807, 2.05) is 42.3 Å². The molecule has 0 aliphatic carbocycles. The van der Waals surface area contributed by atoms with Gasteiger partial charge in [0.15, 0.2) is 0 Å². The second-order valence-corrected chi connectivity index (χ2v) is 5.85. The van der Waals surface area contributed by atoms with Crippen LogP contribution in [0.1, 0.15) is 31.4 Å². The first kappa shape index (κ1) is 15.0. The van der Waals surface area contributed by atoms with E-state index in [0.29, 0.717) is 12.1 Å². The average Bonchev–Trinajstić information content (AvgIpc) is 2.48. The lowest BCUT2D eigenvalue weighted by Crippen LogP contribution is -2.50. The number of benzene rings is 1. The number of likely N-dealkylation sites (N-methyl/N-ethyl adjacent to an activating group) is 1. The summed E-state index contributed by atoms with van der Waals surface area (Å²) in [7, 11) is 4.02. The Kier molecular flexibility index (Phi) is 4.78. The zero-order valence-electron chi connectivity index (χ0n) is 12.6. The SMILES string of the molecule is CC1CC(N(C)C(=O)C(N)c2ccccc2)CCN1C. The van der Waals surface area contributed by atoms with Gasteiger partial charge in [-0.1, -0.05) is 30.3 Å². The summed E-state index contributed by atoms with van der Waals surface area (Å²) >= 11 is 0. The molecule has 0 aromatic heterocycles. The van der Waals surface area contributed by atoms with Crippen LogP contribution in [-0.4, -0.2) is 48.4 Å². The monoisotopic (exact) mass is 275 g/mol. The highest BCUT2D eigenvalue weighted by Crippen LogP contribution is 2.22. The lowest BCUT2D eigenvalue weighted by molar-refractivity contribution is -0.134. The minimum atomic E-state index is -0.559. The van der Waals surface area contributed by atoms with Gasteiger partial charge < -0.3 is 15.5 Å². The van der Waals surface area contributed by atoms with E-state index in [9.17, 15) is 4.79 Å². The van der Waals surface area contributed by atoms with E-state index in [1.54, 1.807) is 0 Å². The summed E-state index contributed by atoms with van der Waals surface area (Å²) in [6, 6.07) is 9.83. The number of nitrogens with zero attached hydrogens (tertiary/aromatic N) is 2. The summed E-state index contributed by atoms with van der Waals surface area (Å²) in [5, 5.41) is 0. The fourth-order valence-electron chi connectivity index (χ4n) is 2.82. The number of carbonyl (C=O) groups is 1.